The average molecular weight is 268 g/mol. The summed E-state index contributed by atoms with van der Waals surface area (Å²) >= 11 is 0. The van der Waals surface area contributed by atoms with Crippen molar-refractivity contribution in [2.24, 2.45) is 11.8 Å². The van der Waals surface area contributed by atoms with Crippen LogP contribution in [0, 0.1) is 11.8 Å². The molecule has 0 radical (unpaired) electrons. The van der Waals surface area contributed by atoms with E-state index in [4.69, 9.17) is 0 Å². The van der Waals surface area contributed by atoms with E-state index < -0.39 is 0 Å². The molecule has 1 rings (SSSR count). The van der Waals surface area contributed by atoms with Gasteiger partial charge in [-0.3, -0.25) is 9.59 Å². The molecule has 1 aliphatic heterocycles. The van der Waals surface area contributed by atoms with E-state index in [0.29, 0.717) is 25.4 Å². The maximum Gasteiger partial charge on any atom is 0.225 e. The topological polar surface area (TPSA) is 49.4 Å². The van der Waals surface area contributed by atoms with Crippen LogP contribution < -0.4 is 5.32 Å². The first-order chi connectivity index (χ1) is 8.93. The van der Waals surface area contributed by atoms with Crippen molar-refractivity contribution in [1.29, 1.82) is 0 Å². The molecule has 2 unspecified atom stereocenters. The average Bonchev–Trinajstić information content (AvgIpc) is 2.70. The van der Waals surface area contributed by atoms with Crippen molar-refractivity contribution in [3.05, 3.63) is 0 Å². The molecule has 1 saturated heterocycles. The zero-order valence-electron chi connectivity index (χ0n) is 12.7. The standard InChI is InChI=1S/C15H28N2O2/c1-5-17-10-13(9-14(17)18)15(19)16-12(4)8-6-7-11(2)3/h11-13H,5-10H2,1-4H3,(H,16,19). The van der Waals surface area contributed by atoms with Gasteiger partial charge in [-0.1, -0.05) is 26.7 Å². The highest BCUT2D eigenvalue weighted by Crippen LogP contribution is 2.18. The number of likely N-dealkylation sites (tertiary alicyclic amines) is 1. The summed E-state index contributed by atoms with van der Waals surface area (Å²) in [6.45, 7) is 9.71. The first-order valence-electron chi connectivity index (χ1n) is 7.52. The Morgan fingerprint density at radius 2 is 2.05 bits per heavy atom. The third-order valence-corrected chi connectivity index (χ3v) is 3.77. The maximum atomic E-state index is 12.1. The Balaban J connectivity index is 2.29. The number of amides is 2. The fourth-order valence-corrected chi connectivity index (χ4v) is 2.52. The van der Waals surface area contributed by atoms with Crippen LogP contribution >= 0.6 is 0 Å². The fraction of sp³-hybridized carbons (Fsp3) is 0.867. The Labute approximate surface area is 116 Å². The Morgan fingerprint density at radius 3 is 2.58 bits per heavy atom. The predicted molar refractivity (Wildman–Crippen MR) is 76.7 cm³/mol. The van der Waals surface area contributed by atoms with Crippen molar-refractivity contribution in [2.75, 3.05) is 13.1 Å². The van der Waals surface area contributed by atoms with Gasteiger partial charge in [0.25, 0.3) is 0 Å². The van der Waals surface area contributed by atoms with Crippen molar-refractivity contribution in [1.82, 2.24) is 10.2 Å². The lowest BCUT2D eigenvalue weighted by molar-refractivity contribution is -0.129. The van der Waals surface area contributed by atoms with E-state index >= 15 is 0 Å². The second kappa shape index (κ2) is 7.51. The van der Waals surface area contributed by atoms with Gasteiger partial charge in [0, 0.05) is 25.6 Å². The highest BCUT2D eigenvalue weighted by molar-refractivity contribution is 5.89. The molecule has 1 fully saturated rings. The van der Waals surface area contributed by atoms with Crippen molar-refractivity contribution in [3.8, 4) is 0 Å². The monoisotopic (exact) mass is 268 g/mol. The van der Waals surface area contributed by atoms with Crippen LogP contribution in [0.2, 0.25) is 0 Å². The summed E-state index contributed by atoms with van der Waals surface area (Å²) in [4.78, 5) is 25.4. The number of rotatable bonds is 7. The lowest BCUT2D eigenvalue weighted by Crippen LogP contribution is -2.38. The van der Waals surface area contributed by atoms with Crippen LogP contribution in [0.1, 0.15) is 53.4 Å². The summed E-state index contributed by atoms with van der Waals surface area (Å²) in [5.41, 5.74) is 0. The van der Waals surface area contributed by atoms with E-state index in [-0.39, 0.29) is 23.8 Å². The van der Waals surface area contributed by atoms with Gasteiger partial charge in [-0.15, -0.1) is 0 Å². The zero-order valence-corrected chi connectivity index (χ0v) is 12.7. The van der Waals surface area contributed by atoms with Crippen molar-refractivity contribution in [3.63, 3.8) is 0 Å². The number of hydrogen-bond donors (Lipinski definition) is 1. The minimum absolute atomic E-state index is 0.0429. The predicted octanol–water partition coefficient (Wildman–Crippen LogP) is 2.19. The third kappa shape index (κ3) is 5.21. The second-order valence-corrected chi connectivity index (χ2v) is 6.07. The molecule has 1 N–H and O–H groups in total. The molecule has 1 heterocycles. The maximum absolute atomic E-state index is 12.1. The third-order valence-electron chi connectivity index (χ3n) is 3.77. The fourth-order valence-electron chi connectivity index (χ4n) is 2.52. The molecule has 0 aromatic heterocycles. The van der Waals surface area contributed by atoms with Gasteiger partial charge in [0.05, 0.1) is 5.92 Å². The largest absolute Gasteiger partial charge is 0.353 e. The molecule has 0 bridgehead atoms. The Kier molecular flexibility index (Phi) is 6.32. The molecule has 0 aromatic rings. The van der Waals surface area contributed by atoms with E-state index in [2.05, 4.69) is 19.2 Å². The Hall–Kier alpha value is -1.06. The van der Waals surface area contributed by atoms with Gasteiger partial charge in [-0.25, -0.2) is 0 Å². The lowest BCUT2D eigenvalue weighted by Gasteiger charge is -2.18. The van der Waals surface area contributed by atoms with E-state index in [1.807, 2.05) is 13.8 Å². The van der Waals surface area contributed by atoms with Crippen molar-refractivity contribution < 1.29 is 9.59 Å². The summed E-state index contributed by atoms with van der Waals surface area (Å²) in [7, 11) is 0. The molecular weight excluding hydrogens is 240 g/mol. The van der Waals surface area contributed by atoms with Crippen molar-refractivity contribution in [2.45, 2.75) is 59.4 Å². The molecule has 0 aromatic carbocycles. The van der Waals surface area contributed by atoms with E-state index in [1.54, 1.807) is 4.90 Å². The van der Waals surface area contributed by atoms with Crippen molar-refractivity contribution >= 4 is 11.8 Å². The number of carbonyl (C=O) groups excluding carboxylic acids is 2. The van der Waals surface area contributed by atoms with Gasteiger partial charge in [0.2, 0.25) is 11.8 Å². The SMILES string of the molecule is CCN1CC(C(=O)NC(C)CCCC(C)C)CC1=O. The van der Waals surface area contributed by atoms with Gasteiger partial charge in [-0.05, 0) is 26.2 Å². The van der Waals surface area contributed by atoms with Crippen LogP contribution in [0.4, 0.5) is 0 Å². The Morgan fingerprint density at radius 1 is 1.37 bits per heavy atom. The number of nitrogens with one attached hydrogen (secondary N) is 1. The van der Waals surface area contributed by atoms with Crippen LogP contribution in [-0.4, -0.2) is 35.8 Å². The highest BCUT2D eigenvalue weighted by atomic mass is 16.2. The first-order valence-corrected chi connectivity index (χ1v) is 7.52. The summed E-state index contributed by atoms with van der Waals surface area (Å²) in [5, 5.41) is 3.04. The Bertz CT molecular complexity index is 315. The molecule has 4 heteroatoms. The molecule has 2 atom stereocenters. The minimum Gasteiger partial charge on any atom is -0.353 e. The van der Waals surface area contributed by atoms with Crippen LogP contribution in [0.5, 0.6) is 0 Å². The van der Waals surface area contributed by atoms with Crippen LogP contribution in [0.15, 0.2) is 0 Å². The van der Waals surface area contributed by atoms with E-state index in [0.717, 1.165) is 12.8 Å². The molecule has 1 aliphatic rings. The number of nitrogens with zero attached hydrogens (tertiary/aromatic N) is 1. The molecule has 110 valence electrons. The summed E-state index contributed by atoms with van der Waals surface area (Å²) in [6, 6.07) is 0.206. The first kappa shape index (κ1) is 16.0. The van der Waals surface area contributed by atoms with Gasteiger partial charge >= 0.3 is 0 Å². The summed E-state index contributed by atoms with van der Waals surface area (Å²) in [6.07, 6.45) is 3.73. The summed E-state index contributed by atoms with van der Waals surface area (Å²) in [5.74, 6) is 0.713. The van der Waals surface area contributed by atoms with Gasteiger partial charge < -0.3 is 10.2 Å². The number of carbonyl (C=O) groups is 2. The smallest absolute Gasteiger partial charge is 0.225 e. The quantitative estimate of drug-likeness (QED) is 0.769. The molecule has 19 heavy (non-hydrogen) atoms. The molecule has 0 aliphatic carbocycles. The second-order valence-electron chi connectivity index (χ2n) is 6.07. The molecule has 4 nitrogen and oxygen atoms in total. The molecule has 0 saturated carbocycles. The van der Waals surface area contributed by atoms with E-state index in [1.165, 1.54) is 6.42 Å². The summed E-state index contributed by atoms with van der Waals surface area (Å²) < 4.78 is 0. The molecule has 0 spiro atoms. The molecule has 2 amide bonds. The van der Waals surface area contributed by atoms with Crippen LogP contribution in [-0.2, 0) is 9.59 Å². The number of hydrogen-bond acceptors (Lipinski definition) is 2. The highest BCUT2D eigenvalue weighted by Gasteiger charge is 2.33. The zero-order chi connectivity index (χ0) is 14.4. The minimum atomic E-state index is -0.153. The van der Waals surface area contributed by atoms with Gasteiger partial charge in [0.1, 0.15) is 0 Å². The van der Waals surface area contributed by atoms with Crippen LogP contribution in [0.25, 0.3) is 0 Å². The van der Waals surface area contributed by atoms with Gasteiger partial charge in [0.15, 0.2) is 0 Å². The van der Waals surface area contributed by atoms with E-state index in [9.17, 15) is 9.59 Å². The molecular formula is C15H28N2O2. The van der Waals surface area contributed by atoms with Gasteiger partial charge in [-0.2, -0.15) is 0 Å². The van der Waals surface area contributed by atoms with Crippen LogP contribution in [0.3, 0.4) is 0 Å². The normalized spacial score (nSPS) is 21.0. The lowest BCUT2D eigenvalue weighted by atomic mass is 10.0.